The molecule has 1 unspecified atom stereocenters. The predicted molar refractivity (Wildman–Crippen MR) is 59.3 cm³/mol. The largest absolute Gasteiger partial charge is 0.309 e. The van der Waals surface area contributed by atoms with E-state index in [9.17, 15) is 8.78 Å². The Morgan fingerprint density at radius 2 is 1.59 bits per heavy atom. The molecule has 0 spiro atoms. The van der Waals surface area contributed by atoms with E-state index < -0.39 is 11.6 Å². The Kier molecular flexibility index (Phi) is 3.39. The van der Waals surface area contributed by atoms with Gasteiger partial charge in [-0.1, -0.05) is 0 Å². The van der Waals surface area contributed by atoms with Crippen LogP contribution in [0.25, 0.3) is 0 Å². The molecule has 5 heteroatoms. The average Bonchev–Trinajstić information content (AvgIpc) is 2.30. The summed E-state index contributed by atoms with van der Waals surface area (Å²) in [6, 6.07) is 3.09. The van der Waals surface area contributed by atoms with Crippen LogP contribution in [0.4, 0.5) is 8.78 Å². The van der Waals surface area contributed by atoms with Crippen molar-refractivity contribution in [1.29, 1.82) is 0 Å². The summed E-state index contributed by atoms with van der Waals surface area (Å²) in [5.41, 5.74) is 1.25. The SMILES string of the molecule is CNC(c1cncnc1)c1cc(F)cc(F)c1. The quantitative estimate of drug-likeness (QED) is 0.884. The second-order valence-corrected chi connectivity index (χ2v) is 3.60. The highest BCUT2D eigenvalue weighted by molar-refractivity contribution is 5.29. The molecule has 0 saturated heterocycles. The molecule has 1 atom stereocenters. The molecule has 1 aromatic carbocycles. The van der Waals surface area contributed by atoms with Crippen molar-refractivity contribution in [3.05, 3.63) is 59.7 Å². The first-order valence-electron chi connectivity index (χ1n) is 5.09. The lowest BCUT2D eigenvalue weighted by atomic mass is 10.0. The summed E-state index contributed by atoms with van der Waals surface area (Å²) in [7, 11) is 1.71. The zero-order chi connectivity index (χ0) is 12.3. The maximum absolute atomic E-state index is 13.1. The van der Waals surface area contributed by atoms with Crippen LogP contribution in [-0.2, 0) is 0 Å². The molecule has 2 aromatic rings. The van der Waals surface area contributed by atoms with E-state index in [0.29, 0.717) is 5.56 Å². The molecule has 0 aliphatic heterocycles. The third kappa shape index (κ3) is 2.62. The van der Waals surface area contributed by atoms with Crippen LogP contribution >= 0.6 is 0 Å². The first-order chi connectivity index (χ1) is 8.20. The molecule has 0 amide bonds. The molecule has 0 bridgehead atoms. The van der Waals surface area contributed by atoms with Gasteiger partial charge in [0.2, 0.25) is 0 Å². The van der Waals surface area contributed by atoms with Crippen LogP contribution in [0.5, 0.6) is 0 Å². The van der Waals surface area contributed by atoms with Gasteiger partial charge in [-0.15, -0.1) is 0 Å². The molecule has 1 aromatic heterocycles. The number of rotatable bonds is 3. The molecule has 17 heavy (non-hydrogen) atoms. The summed E-state index contributed by atoms with van der Waals surface area (Å²) in [6.07, 6.45) is 4.62. The topological polar surface area (TPSA) is 37.8 Å². The third-order valence-electron chi connectivity index (χ3n) is 2.42. The van der Waals surface area contributed by atoms with Crippen molar-refractivity contribution in [2.75, 3.05) is 7.05 Å². The van der Waals surface area contributed by atoms with Gasteiger partial charge in [0.25, 0.3) is 0 Å². The lowest BCUT2D eigenvalue weighted by molar-refractivity contribution is 0.571. The van der Waals surface area contributed by atoms with Gasteiger partial charge in [0.15, 0.2) is 0 Å². The Hall–Kier alpha value is -1.88. The lowest BCUT2D eigenvalue weighted by Gasteiger charge is -2.16. The Balaban J connectivity index is 2.42. The lowest BCUT2D eigenvalue weighted by Crippen LogP contribution is -2.18. The smallest absolute Gasteiger partial charge is 0.126 e. The fraction of sp³-hybridized carbons (Fsp3) is 0.167. The van der Waals surface area contributed by atoms with Crippen LogP contribution in [-0.4, -0.2) is 17.0 Å². The first kappa shape index (κ1) is 11.6. The Bertz CT molecular complexity index is 482. The monoisotopic (exact) mass is 235 g/mol. The summed E-state index contributed by atoms with van der Waals surface area (Å²) in [4.78, 5) is 7.77. The van der Waals surface area contributed by atoms with Crippen LogP contribution in [0.15, 0.2) is 36.9 Å². The van der Waals surface area contributed by atoms with E-state index in [0.717, 1.165) is 11.6 Å². The van der Waals surface area contributed by atoms with Gasteiger partial charge in [0.05, 0.1) is 6.04 Å². The van der Waals surface area contributed by atoms with Gasteiger partial charge < -0.3 is 5.32 Å². The first-order valence-corrected chi connectivity index (χ1v) is 5.09. The van der Waals surface area contributed by atoms with Crippen LogP contribution < -0.4 is 5.32 Å². The Morgan fingerprint density at radius 1 is 1.00 bits per heavy atom. The van der Waals surface area contributed by atoms with Gasteiger partial charge in [-0.25, -0.2) is 18.7 Å². The fourth-order valence-electron chi connectivity index (χ4n) is 1.73. The number of hydrogen-bond donors (Lipinski definition) is 1. The highest BCUT2D eigenvalue weighted by atomic mass is 19.1. The Labute approximate surface area is 97.5 Å². The molecule has 0 radical (unpaired) electrons. The number of nitrogens with zero attached hydrogens (tertiary/aromatic N) is 2. The zero-order valence-corrected chi connectivity index (χ0v) is 9.19. The Morgan fingerprint density at radius 3 is 2.12 bits per heavy atom. The average molecular weight is 235 g/mol. The van der Waals surface area contributed by atoms with Gasteiger partial charge in [0, 0.05) is 24.0 Å². The van der Waals surface area contributed by atoms with E-state index >= 15 is 0 Å². The zero-order valence-electron chi connectivity index (χ0n) is 9.19. The van der Waals surface area contributed by atoms with E-state index in [1.165, 1.54) is 18.5 Å². The van der Waals surface area contributed by atoms with Crippen LogP contribution in [0.3, 0.4) is 0 Å². The summed E-state index contributed by atoms with van der Waals surface area (Å²) in [5, 5.41) is 2.98. The van der Waals surface area contributed by atoms with Gasteiger partial charge in [-0.05, 0) is 24.7 Å². The molecule has 3 nitrogen and oxygen atoms in total. The van der Waals surface area contributed by atoms with Crippen LogP contribution in [0, 0.1) is 11.6 Å². The van der Waals surface area contributed by atoms with Crippen LogP contribution in [0.2, 0.25) is 0 Å². The summed E-state index contributed by atoms with van der Waals surface area (Å²) in [5.74, 6) is -1.20. The van der Waals surface area contributed by atoms with Gasteiger partial charge >= 0.3 is 0 Å². The number of aromatic nitrogens is 2. The van der Waals surface area contributed by atoms with E-state index in [2.05, 4.69) is 15.3 Å². The van der Waals surface area contributed by atoms with Crippen molar-refractivity contribution in [1.82, 2.24) is 15.3 Å². The van der Waals surface area contributed by atoms with Crippen molar-refractivity contribution in [3.8, 4) is 0 Å². The standard InChI is InChI=1S/C12H11F2N3/c1-15-12(9-5-16-7-17-6-9)8-2-10(13)4-11(14)3-8/h2-7,12,15H,1H3. The molecule has 0 aliphatic rings. The van der Waals surface area contributed by atoms with E-state index in [-0.39, 0.29) is 6.04 Å². The van der Waals surface area contributed by atoms with Crippen molar-refractivity contribution < 1.29 is 8.78 Å². The van der Waals surface area contributed by atoms with Crippen molar-refractivity contribution in [3.63, 3.8) is 0 Å². The minimum absolute atomic E-state index is 0.332. The summed E-state index contributed by atoms with van der Waals surface area (Å²) in [6.45, 7) is 0. The molecular weight excluding hydrogens is 224 g/mol. The van der Waals surface area contributed by atoms with E-state index in [1.807, 2.05) is 0 Å². The fourth-order valence-corrected chi connectivity index (χ4v) is 1.73. The highest BCUT2D eigenvalue weighted by Crippen LogP contribution is 2.22. The summed E-state index contributed by atoms with van der Waals surface area (Å²) >= 11 is 0. The van der Waals surface area contributed by atoms with Crippen LogP contribution in [0.1, 0.15) is 17.2 Å². The number of halogens is 2. The highest BCUT2D eigenvalue weighted by Gasteiger charge is 2.14. The molecule has 0 fully saturated rings. The minimum atomic E-state index is -0.600. The maximum Gasteiger partial charge on any atom is 0.126 e. The molecule has 88 valence electrons. The van der Waals surface area contributed by atoms with Gasteiger partial charge in [-0.2, -0.15) is 0 Å². The molecule has 0 saturated carbocycles. The number of nitrogens with one attached hydrogen (secondary N) is 1. The molecule has 1 N–H and O–H groups in total. The normalized spacial score (nSPS) is 12.4. The molecule has 1 heterocycles. The van der Waals surface area contributed by atoms with Gasteiger partial charge in [-0.3, -0.25) is 0 Å². The molecule has 0 aliphatic carbocycles. The summed E-state index contributed by atoms with van der Waals surface area (Å²) < 4.78 is 26.3. The van der Waals surface area contributed by atoms with E-state index in [4.69, 9.17) is 0 Å². The number of hydrogen-bond acceptors (Lipinski definition) is 3. The third-order valence-corrected chi connectivity index (χ3v) is 2.42. The van der Waals surface area contributed by atoms with Gasteiger partial charge in [0.1, 0.15) is 18.0 Å². The van der Waals surface area contributed by atoms with Crippen molar-refractivity contribution >= 4 is 0 Å². The van der Waals surface area contributed by atoms with E-state index in [1.54, 1.807) is 19.4 Å². The van der Waals surface area contributed by atoms with Crippen molar-refractivity contribution in [2.24, 2.45) is 0 Å². The number of benzene rings is 1. The van der Waals surface area contributed by atoms with Crippen molar-refractivity contribution in [2.45, 2.75) is 6.04 Å². The maximum atomic E-state index is 13.1. The molecular formula is C12H11F2N3. The second kappa shape index (κ2) is 4.97. The minimum Gasteiger partial charge on any atom is -0.309 e. The predicted octanol–water partition coefficient (Wildman–Crippen LogP) is 2.06. The molecule has 2 rings (SSSR count). The second-order valence-electron chi connectivity index (χ2n) is 3.60.